The van der Waals surface area contributed by atoms with E-state index in [-0.39, 0.29) is 5.91 Å². The zero-order valence-electron chi connectivity index (χ0n) is 7.17. The van der Waals surface area contributed by atoms with E-state index in [1.165, 1.54) is 6.42 Å². The molecular formula is C8H15NOS. The molecule has 1 rings (SSSR count). The monoisotopic (exact) mass is 173 g/mol. The molecule has 2 nitrogen and oxygen atoms in total. The number of rotatable bonds is 1. The topological polar surface area (TPSA) is 20.3 Å². The number of hydrogen-bond donors (Lipinski definition) is 0. The van der Waals surface area contributed by atoms with E-state index >= 15 is 0 Å². The molecule has 0 spiro atoms. The zero-order valence-corrected chi connectivity index (χ0v) is 7.99. The van der Waals surface area contributed by atoms with E-state index in [0.29, 0.717) is 5.25 Å². The fourth-order valence-electron chi connectivity index (χ4n) is 1.25. The minimum absolute atomic E-state index is 0.226. The molecule has 0 N–H and O–H groups in total. The van der Waals surface area contributed by atoms with Gasteiger partial charge in [0.2, 0.25) is 5.91 Å². The maximum Gasteiger partial charge on any atom is 0.219 e. The van der Waals surface area contributed by atoms with Crippen molar-refractivity contribution in [2.24, 2.45) is 0 Å². The number of amides is 1. The molecule has 0 radical (unpaired) electrons. The Balaban J connectivity index is 2.39. The van der Waals surface area contributed by atoms with Crippen molar-refractivity contribution in [1.82, 2.24) is 4.90 Å². The number of carbonyl (C=O) groups excluding carboxylic acids is 1. The van der Waals surface area contributed by atoms with Gasteiger partial charge < -0.3 is 4.90 Å². The van der Waals surface area contributed by atoms with Crippen LogP contribution >= 0.6 is 11.8 Å². The molecule has 0 aromatic heterocycles. The van der Waals surface area contributed by atoms with Crippen LogP contribution < -0.4 is 0 Å². The van der Waals surface area contributed by atoms with Gasteiger partial charge >= 0.3 is 0 Å². The highest BCUT2D eigenvalue weighted by molar-refractivity contribution is 8.00. The molecule has 1 fully saturated rings. The average molecular weight is 173 g/mol. The van der Waals surface area contributed by atoms with Crippen molar-refractivity contribution in [3.63, 3.8) is 0 Å². The largest absolute Gasteiger partial charge is 0.341 e. The van der Waals surface area contributed by atoms with Crippen LogP contribution in [-0.4, -0.2) is 34.9 Å². The van der Waals surface area contributed by atoms with Crippen LogP contribution in [0.1, 0.15) is 20.3 Å². The second kappa shape index (κ2) is 4.00. The molecule has 0 saturated carbocycles. The van der Waals surface area contributed by atoms with Gasteiger partial charge in [-0.25, -0.2) is 0 Å². The van der Waals surface area contributed by atoms with E-state index in [4.69, 9.17) is 0 Å². The Labute approximate surface area is 72.3 Å². The van der Waals surface area contributed by atoms with Crippen molar-refractivity contribution in [3.8, 4) is 0 Å². The molecule has 0 bridgehead atoms. The lowest BCUT2D eigenvalue weighted by atomic mass is 10.3. The van der Waals surface area contributed by atoms with Crippen LogP contribution in [0.5, 0.6) is 0 Å². The van der Waals surface area contributed by atoms with Gasteiger partial charge in [0.25, 0.3) is 0 Å². The van der Waals surface area contributed by atoms with E-state index < -0.39 is 0 Å². The number of nitrogens with zero attached hydrogens (tertiary/aromatic N) is 1. The fraction of sp³-hybridized carbons (Fsp3) is 0.875. The van der Waals surface area contributed by atoms with Gasteiger partial charge in [-0.1, -0.05) is 6.92 Å². The van der Waals surface area contributed by atoms with E-state index in [0.717, 1.165) is 18.8 Å². The van der Waals surface area contributed by atoms with Gasteiger partial charge in [0.05, 0.1) is 0 Å². The second-order valence-corrected chi connectivity index (χ2v) is 4.27. The van der Waals surface area contributed by atoms with Crippen molar-refractivity contribution >= 4 is 17.7 Å². The SMILES string of the molecule is CCC1CN(C(C)=O)CCS1. The first-order valence-corrected chi connectivity index (χ1v) is 5.16. The van der Waals surface area contributed by atoms with Crippen molar-refractivity contribution < 1.29 is 4.79 Å². The molecule has 0 aromatic rings. The fourth-order valence-corrected chi connectivity index (χ4v) is 2.43. The molecule has 1 heterocycles. The highest BCUT2D eigenvalue weighted by Gasteiger charge is 2.19. The minimum atomic E-state index is 0.226. The molecule has 1 amide bonds. The predicted molar refractivity (Wildman–Crippen MR) is 48.8 cm³/mol. The summed E-state index contributed by atoms with van der Waals surface area (Å²) in [6, 6.07) is 0. The number of thioether (sulfide) groups is 1. The summed E-state index contributed by atoms with van der Waals surface area (Å²) in [7, 11) is 0. The Kier molecular flexibility index (Phi) is 3.24. The normalized spacial score (nSPS) is 25.3. The van der Waals surface area contributed by atoms with Crippen LogP contribution in [0.4, 0.5) is 0 Å². The molecule has 0 aliphatic carbocycles. The highest BCUT2D eigenvalue weighted by Crippen LogP contribution is 2.20. The second-order valence-electron chi connectivity index (χ2n) is 2.87. The lowest BCUT2D eigenvalue weighted by molar-refractivity contribution is -0.128. The maximum absolute atomic E-state index is 11.0. The third kappa shape index (κ3) is 2.40. The van der Waals surface area contributed by atoms with Crippen molar-refractivity contribution in [1.29, 1.82) is 0 Å². The van der Waals surface area contributed by atoms with Gasteiger partial charge in [0.1, 0.15) is 0 Å². The molecule has 1 saturated heterocycles. The smallest absolute Gasteiger partial charge is 0.219 e. The van der Waals surface area contributed by atoms with Crippen LogP contribution in [0.15, 0.2) is 0 Å². The van der Waals surface area contributed by atoms with Gasteiger partial charge in [-0.05, 0) is 6.42 Å². The number of hydrogen-bond acceptors (Lipinski definition) is 2. The van der Waals surface area contributed by atoms with E-state index in [1.54, 1.807) is 6.92 Å². The van der Waals surface area contributed by atoms with Crippen LogP contribution in [0.3, 0.4) is 0 Å². The van der Waals surface area contributed by atoms with Gasteiger partial charge in [0.15, 0.2) is 0 Å². The molecule has 11 heavy (non-hydrogen) atoms. The summed E-state index contributed by atoms with van der Waals surface area (Å²) in [6.07, 6.45) is 1.18. The van der Waals surface area contributed by atoms with Gasteiger partial charge in [0, 0.05) is 31.0 Å². The molecular weight excluding hydrogens is 158 g/mol. The molecule has 1 atom stereocenters. The molecule has 3 heteroatoms. The van der Waals surface area contributed by atoms with Gasteiger partial charge in [-0.2, -0.15) is 11.8 Å². The third-order valence-corrected chi connectivity index (χ3v) is 3.41. The number of carbonyl (C=O) groups is 1. The van der Waals surface area contributed by atoms with Gasteiger partial charge in [-0.15, -0.1) is 0 Å². The quantitative estimate of drug-likeness (QED) is 0.597. The first kappa shape index (κ1) is 8.91. The van der Waals surface area contributed by atoms with E-state index in [2.05, 4.69) is 6.92 Å². The summed E-state index contributed by atoms with van der Waals surface area (Å²) < 4.78 is 0. The zero-order chi connectivity index (χ0) is 8.27. The maximum atomic E-state index is 11.0. The highest BCUT2D eigenvalue weighted by atomic mass is 32.2. The molecule has 64 valence electrons. The Morgan fingerprint density at radius 3 is 3.00 bits per heavy atom. The lowest BCUT2D eigenvalue weighted by Crippen LogP contribution is -2.40. The molecule has 1 aliphatic rings. The van der Waals surface area contributed by atoms with Crippen LogP contribution in [0.25, 0.3) is 0 Å². The lowest BCUT2D eigenvalue weighted by Gasteiger charge is -2.30. The first-order chi connectivity index (χ1) is 5.24. The average Bonchev–Trinajstić information content (AvgIpc) is 2.05. The Morgan fingerprint density at radius 2 is 2.45 bits per heavy atom. The summed E-state index contributed by atoms with van der Waals surface area (Å²) >= 11 is 1.99. The Morgan fingerprint density at radius 1 is 1.73 bits per heavy atom. The van der Waals surface area contributed by atoms with Crippen LogP contribution in [0.2, 0.25) is 0 Å². The van der Waals surface area contributed by atoms with E-state index in [1.807, 2.05) is 16.7 Å². The van der Waals surface area contributed by atoms with Crippen molar-refractivity contribution in [3.05, 3.63) is 0 Å². The summed E-state index contributed by atoms with van der Waals surface area (Å²) in [4.78, 5) is 12.9. The molecule has 1 unspecified atom stereocenters. The van der Waals surface area contributed by atoms with Crippen LogP contribution in [-0.2, 0) is 4.79 Å². The minimum Gasteiger partial charge on any atom is -0.341 e. The first-order valence-electron chi connectivity index (χ1n) is 4.11. The summed E-state index contributed by atoms with van der Waals surface area (Å²) in [6.45, 7) is 5.73. The van der Waals surface area contributed by atoms with Crippen LogP contribution in [0, 0.1) is 0 Å². The van der Waals surface area contributed by atoms with Crippen molar-refractivity contribution in [2.45, 2.75) is 25.5 Å². The summed E-state index contributed by atoms with van der Waals surface area (Å²) in [5.41, 5.74) is 0. The standard InChI is InChI=1S/C8H15NOS/c1-3-8-6-9(7(2)10)4-5-11-8/h8H,3-6H2,1-2H3. The summed E-state index contributed by atoms with van der Waals surface area (Å²) in [5, 5.41) is 0.674. The van der Waals surface area contributed by atoms with Gasteiger partial charge in [-0.3, -0.25) is 4.79 Å². The van der Waals surface area contributed by atoms with Crippen molar-refractivity contribution in [2.75, 3.05) is 18.8 Å². The summed E-state index contributed by atoms with van der Waals surface area (Å²) in [5.74, 6) is 1.33. The van der Waals surface area contributed by atoms with E-state index in [9.17, 15) is 4.79 Å². The Hall–Kier alpha value is -0.180. The Bertz CT molecular complexity index is 149. The molecule has 0 aromatic carbocycles. The third-order valence-electron chi connectivity index (χ3n) is 2.04. The predicted octanol–water partition coefficient (Wildman–Crippen LogP) is 1.36. The molecule has 1 aliphatic heterocycles.